The molecule has 0 saturated heterocycles. The summed E-state index contributed by atoms with van der Waals surface area (Å²) in [4.78, 5) is 0.721. The van der Waals surface area contributed by atoms with Crippen LogP contribution in [-0.2, 0) is 10.8 Å². The lowest BCUT2D eigenvalue weighted by molar-refractivity contribution is 0.607. The SMILES string of the molecule is CCNC(C)CS(=O)c1ccc(Cl)c(Cl)c1. The Labute approximate surface area is 109 Å². The molecule has 0 fully saturated rings. The average molecular weight is 280 g/mol. The Morgan fingerprint density at radius 1 is 1.38 bits per heavy atom. The van der Waals surface area contributed by atoms with Crippen LogP contribution < -0.4 is 5.32 Å². The lowest BCUT2D eigenvalue weighted by Gasteiger charge is -2.11. The van der Waals surface area contributed by atoms with Crippen LogP contribution in [0.15, 0.2) is 23.1 Å². The second kappa shape index (κ2) is 6.60. The first-order valence-corrected chi connectivity index (χ1v) is 7.19. The molecule has 2 nitrogen and oxygen atoms in total. The molecule has 16 heavy (non-hydrogen) atoms. The van der Waals surface area contributed by atoms with E-state index in [9.17, 15) is 4.21 Å². The van der Waals surface area contributed by atoms with Crippen molar-refractivity contribution in [3.05, 3.63) is 28.2 Å². The maximum absolute atomic E-state index is 12.0. The van der Waals surface area contributed by atoms with Gasteiger partial charge in [-0.25, -0.2) is 0 Å². The van der Waals surface area contributed by atoms with Crippen LogP contribution in [0.25, 0.3) is 0 Å². The largest absolute Gasteiger partial charge is 0.314 e. The molecule has 0 aliphatic rings. The minimum absolute atomic E-state index is 0.222. The summed E-state index contributed by atoms with van der Waals surface area (Å²) < 4.78 is 12.0. The van der Waals surface area contributed by atoms with E-state index in [1.165, 1.54) is 0 Å². The molecule has 90 valence electrons. The van der Waals surface area contributed by atoms with Gasteiger partial charge in [-0.05, 0) is 31.7 Å². The standard InChI is InChI=1S/C11H15Cl2NOS/c1-3-14-8(2)7-16(15)9-4-5-10(12)11(13)6-9/h4-6,8,14H,3,7H2,1-2H3. The number of hydrogen-bond donors (Lipinski definition) is 1. The number of nitrogens with one attached hydrogen (secondary N) is 1. The number of hydrogen-bond acceptors (Lipinski definition) is 2. The molecule has 0 amide bonds. The molecule has 0 saturated carbocycles. The van der Waals surface area contributed by atoms with Crippen LogP contribution in [0.5, 0.6) is 0 Å². The Hall–Kier alpha value is -0.0900. The zero-order valence-electron chi connectivity index (χ0n) is 9.30. The van der Waals surface area contributed by atoms with E-state index in [1.807, 2.05) is 13.8 Å². The normalized spacial score (nSPS) is 14.8. The van der Waals surface area contributed by atoms with Crippen molar-refractivity contribution in [2.45, 2.75) is 24.8 Å². The minimum Gasteiger partial charge on any atom is -0.314 e. The van der Waals surface area contributed by atoms with E-state index in [-0.39, 0.29) is 6.04 Å². The number of benzene rings is 1. The van der Waals surface area contributed by atoms with Crippen molar-refractivity contribution in [2.75, 3.05) is 12.3 Å². The second-order valence-corrected chi connectivity index (χ2v) is 5.86. The first-order valence-electron chi connectivity index (χ1n) is 5.11. The third-order valence-electron chi connectivity index (χ3n) is 2.11. The van der Waals surface area contributed by atoms with E-state index in [1.54, 1.807) is 18.2 Å². The van der Waals surface area contributed by atoms with Crippen molar-refractivity contribution in [3.63, 3.8) is 0 Å². The van der Waals surface area contributed by atoms with Gasteiger partial charge in [0, 0.05) is 16.7 Å². The predicted octanol–water partition coefficient (Wildman–Crippen LogP) is 3.10. The van der Waals surface area contributed by atoms with E-state index in [0.717, 1.165) is 11.4 Å². The topological polar surface area (TPSA) is 29.1 Å². The molecular formula is C11H15Cl2NOS. The lowest BCUT2D eigenvalue weighted by Crippen LogP contribution is -2.30. The highest BCUT2D eigenvalue weighted by Crippen LogP contribution is 2.24. The molecule has 1 aromatic rings. The van der Waals surface area contributed by atoms with Gasteiger partial charge in [0.1, 0.15) is 0 Å². The van der Waals surface area contributed by atoms with Gasteiger partial charge in [-0.1, -0.05) is 30.1 Å². The van der Waals surface area contributed by atoms with Gasteiger partial charge in [0.25, 0.3) is 0 Å². The quantitative estimate of drug-likeness (QED) is 0.898. The highest BCUT2D eigenvalue weighted by molar-refractivity contribution is 7.85. The second-order valence-electron chi connectivity index (χ2n) is 3.55. The van der Waals surface area contributed by atoms with Gasteiger partial charge in [0.15, 0.2) is 0 Å². The molecule has 0 bridgehead atoms. The fourth-order valence-electron chi connectivity index (χ4n) is 1.35. The summed E-state index contributed by atoms with van der Waals surface area (Å²) in [6.07, 6.45) is 0. The molecule has 0 aliphatic heterocycles. The van der Waals surface area contributed by atoms with Gasteiger partial charge in [-0.2, -0.15) is 0 Å². The molecule has 1 aromatic carbocycles. The van der Waals surface area contributed by atoms with Crippen molar-refractivity contribution in [2.24, 2.45) is 0 Å². The van der Waals surface area contributed by atoms with Crippen molar-refractivity contribution in [1.82, 2.24) is 5.32 Å². The minimum atomic E-state index is -1.04. The van der Waals surface area contributed by atoms with E-state index in [0.29, 0.717) is 15.8 Å². The Morgan fingerprint density at radius 3 is 2.62 bits per heavy atom. The molecule has 1 N–H and O–H groups in total. The predicted molar refractivity (Wildman–Crippen MR) is 70.9 cm³/mol. The zero-order valence-corrected chi connectivity index (χ0v) is 11.6. The van der Waals surface area contributed by atoms with Crippen molar-refractivity contribution in [3.8, 4) is 0 Å². The van der Waals surface area contributed by atoms with Gasteiger partial charge in [-0.15, -0.1) is 0 Å². The van der Waals surface area contributed by atoms with E-state index >= 15 is 0 Å². The fourth-order valence-corrected chi connectivity index (χ4v) is 2.95. The van der Waals surface area contributed by atoms with Gasteiger partial charge in [0.2, 0.25) is 0 Å². The van der Waals surface area contributed by atoms with E-state index in [4.69, 9.17) is 23.2 Å². The summed E-state index contributed by atoms with van der Waals surface area (Å²) in [5.74, 6) is 0.575. The molecule has 2 unspecified atom stereocenters. The molecule has 5 heteroatoms. The zero-order chi connectivity index (χ0) is 12.1. The fraction of sp³-hybridized carbons (Fsp3) is 0.455. The summed E-state index contributed by atoms with van der Waals surface area (Å²) in [7, 11) is -1.04. The first-order chi connectivity index (χ1) is 7.54. The summed E-state index contributed by atoms with van der Waals surface area (Å²) in [5, 5.41) is 4.16. The van der Waals surface area contributed by atoms with Crippen LogP contribution in [0.2, 0.25) is 10.0 Å². The van der Waals surface area contributed by atoms with Crippen molar-refractivity contribution in [1.29, 1.82) is 0 Å². The summed E-state index contributed by atoms with van der Waals surface area (Å²) in [5.41, 5.74) is 0. The molecule has 0 radical (unpaired) electrons. The van der Waals surface area contributed by atoms with Crippen LogP contribution in [0.3, 0.4) is 0 Å². The van der Waals surface area contributed by atoms with Gasteiger partial charge in [0.05, 0.1) is 20.8 Å². The number of halogens is 2. The van der Waals surface area contributed by atoms with E-state index in [2.05, 4.69) is 5.32 Å². The molecular weight excluding hydrogens is 265 g/mol. The Kier molecular flexibility index (Phi) is 5.76. The first kappa shape index (κ1) is 14.0. The summed E-state index contributed by atoms with van der Waals surface area (Å²) in [6.45, 7) is 4.91. The summed E-state index contributed by atoms with van der Waals surface area (Å²) in [6, 6.07) is 5.32. The Morgan fingerprint density at radius 2 is 2.06 bits per heavy atom. The maximum Gasteiger partial charge on any atom is 0.0604 e. The molecule has 1 rings (SSSR count). The molecule has 0 heterocycles. The Balaban J connectivity index is 2.69. The van der Waals surface area contributed by atoms with Crippen LogP contribution >= 0.6 is 23.2 Å². The van der Waals surface area contributed by atoms with Gasteiger partial charge in [-0.3, -0.25) is 4.21 Å². The average Bonchev–Trinajstić information content (AvgIpc) is 2.22. The van der Waals surface area contributed by atoms with Crippen LogP contribution in [-0.4, -0.2) is 22.5 Å². The molecule has 0 aromatic heterocycles. The van der Waals surface area contributed by atoms with Crippen LogP contribution in [0, 0.1) is 0 Å². The van der Waals surface area contributed by atoms with Gasteiger partial charge < -0.3 is 5.32 Å². The Bertz CT molecular complexity index is 384. The molecule has 2 atom stereocenters. The third-order valence-corrected chi connectivity index (χ3v) is 4.43. The molecule has 0 aliphatic carbocycles. The van der Waals surface area contributed by atoms with Crippen LogP contribution in [0.4, 0.5) is 0 Å². The smallest absolute Gasteiger partial charge is 0.0604 e. The van der Waals surface area contributed by atoms with Crippen molar-refractivity contribution < 1.29 is 4.21 Å². The monoisotopic (exact) mass is 279 g/mol. The lowest BCUT2D eigenvalue weighted by atomic mass is 10.4. The van der Waals surface area contributed by atoms with Crippen LogP contribution in [0.1, 0.15) is 13.8 Å². The van der Waals surface area contributed by atoms with E-state index < -0.39 is 10.8 Å². The summed E-state index contributed by atoms with van der Waals surface area (Å²) >= 11 is 11.7. The van der Waals surface area contributed by atoms with Crippen molar-refractivity contribution >= 4 is 34.0 Å². The highest BCUT2D eigenvalue weighted by Gasteiger charge is 2.10. The highest BCUT2D eigenvalue weighted by atomic mass is 35.5. The maximum atomic E-state index is 12.0. The van der Waals surface area contributed by atoms with Gasteiger partial charge >= 0.3 is 0 Å². The number of rotatable bonds is 5. The third kappa shape index (κ3) is 4.06. The molecule has 0 spiro atoms.